The van der Waals surface area contributed by atoms with Crippen molar-refractivity contribution in [3.05, 3.63) is 65.7 Å². The summed E-state index contributed by atoms with van der Waals surface area (Å²) in [5, 5.41) is 2.74. The first-order valence-corrected chi connectivity index (χ1v) is 8.02. The monoisotopic (exact) mass is 339 g/mol. The van der Waals surface area contributed by atoms with Gasteiger partial charge in [-0.05, 0) is 54.5 Å². The summed E-state index contributed by atoms with van der Waals surface area (Å²) in [6.07, 6.45) is 3.92. The average Bonchev–Trinajstić information content (AvgIpc) is 2.65. The van der Waals surface area contributed by atoms with Crippen molar-refractivity contribution in [2.45, 2.75) is 13.3 Å². The van der Waals surface area contributed by atoms with Gasteiger partial charge in [-0.3, -0.25) is 4.79 Å². The molecule has 2 rings (SSSR count). The number of amides is 1. The van der Waals surface area contributed by atoms with E-state index >= 15 is 0 Å². The number of hydrogen-bond donors (Lipinski definition) is 1. The maximum Gasteiger partial charge on any atom is 0.338 e. The first kappa shape index (κ1) is 18.3. The number of benzene rings is 2. The molecule has 0 saturated carbocycles. The van der Waals surface area contributed by atoms with Crippen molar-refractivity contribution in [3.8, 4) is 5.75 Å². The fourth-order valence-corrected chi connectivity index (χ4v) is 2.07. The van der Waals surface area contributed by atoms with E-state index in [1.165, 1.54) is 6.08 Å². The summed E-state index contributed by atoms with van der Waals surface area (Å²) >= 11 is 0. The highest BCUT2D eigenvalue weighted by Gasteiger charge is 2.06. The minimum absolute atomic E-state index is 0.260. The summed E-state index contributed by atoms with van der Waals surface area (Å²) in [5.41, 5.74) is 1.93. The smallest absolute Gasteiger partial charge is 0.338 e. The molecular weight excluding hydrogens is 318 g/mol. The van der Waals surface area contributed by atoms with Crippen LogP contribution in [-0.2, 0) is 9.53 Å². The van der Waals surface area contributed by atoms with Crippen molar-refractivity contribution in [1.82, 2.24) is 0 Å². The van der Waals surface area contributed by atoms with Gasteiger partial charge in [0.05, 0.1) is 19.3 Å². The molecule has 0 spiro atoms. The summed E-state index contributed by atoms with van der Waals surface area (Å²) in [6.45, 7) is 2.33. The van der Waals surface area contributed by atoms with Crippen molar-refractivity contribution in [2.75, 3.05) is 19.0 Å². The molecule has 0 unspecified atom stereocenters. The van der Waals surface area contributed by atoms with Gasteiger partial charge in [0, 0.05) is 11.8 Å². The highest BCUT2D eigenvalue weighted by molar-refractivity contribution is 6.02. The van der Waals surface area contributed by atoms with Crippen LogP contribution in [0, 0.1) is 0 Å². The van der Waals surface area contributed by atoms with E-state index in [1.54, 1.807) is 37.5 Å². The van der Waals surface area contributed by atoms with Crippen molar-refractivity contribution in [1.29, 1.82) is 0 Å². The van der Waals surface area contributed by atoms with Gasteiger partial charge < -0.3 is 14.8 Å². The van der Waals surface area contributed by atoms with E-state index in [1.807, 2.05) is 31.2 Å². The van der Waals surface area contributed by atoms with Crippen molar-refractivity contribution >= 4 is 23.6 Å². The van der Waals surface area contributed by atoms with Crippen LogP contribution in [0.25, 0.3) is 6.08 Å². The van der Waals surface area contributed by atoms with Gasteiger partial charge >= 0.3 is 5.97 Å². The Morgan fingerprint density at radius 2 is 1.88 bits per heavy atom. The fraction of sp³-hybridized carbons (Fsp3) is 0.200. The topological polar surface area (TPSA) is 64.6 Å². The molecule has 2 aromatic rings. The molecule has 1 N–H and O–H groups in total. The first-order chi connectivity index (χ1) is 12.1. The Morgan fingerprint density at radius 1 is 1.12 bits per heavy atom. The van der Waals surface area contributed by atoms with Gasteiger partial charge in [0.15, 0.2) is 0 Å². The highest BCUT2D eigenvalue weighted by Crippen LogP contribution is 2.14. The SMILES string of the molecule is CCCOC(=O)c1ccc(NC(=O)/C=C/c2cccc(OC)c2)cc1. The van der Waals surface area contributed by atoms with Crippen LogP contribution < -0.4 is 10.1 Å². The van der Waals surface area contributed by atoms with Crippen LogP contribution in [0.3, 0.4) is 0 Å². The molecule has 0 aromatic heterocycles. The van der Waals surface area contributed by atoms with Crippen LogP contribution in [0.1, 0.15) is 29.3 Å². The molecule has 0 saturated heterocycles. The van der Waals surface area contributed by atoms with E-state index in [-0.39, 0.29) is 11.9 Å². The Labute approximate surface area is 147 Å². The van der Waals surface area contributed by atoms with E-state index in [0.717, 1.165) is 17.7 Å². The maximum atomic E-state index is 12.0. The van der Waals surface area contributed by atoms with E-state index in [4.69, 9.17) is 9.47 Å². The van der Waals surface area contributed by atoms with Gasteiger partial charge in [0.1, 0.15) is 5.75 Å². The van der Waals surface area contributed by atoms with Gasteiger partial charge in [-0.1, -0.05) is 19.1 Å². The highest BCUT2D eigenvalue weighted by atomic mass is 16.5. The Hall–Kier alpha value is -3.08. The zero-order valence-electron chi connectivity index (χ0n) is 14.3. The molecule has 0 aliphatic heterocycles. The molecule has 1 amide bonds. The Morgan fingerprint density at radius 3 is 2.56 bits per heavy atom. The summed E-state index contributed by atoms with van der Waals surface area (Å²) in [5.74, 6) is 0.106. The largest absolute Gasteiger partial charge is 0.497 e. The third kappa shape index (κ3) is 5.80. The molecule has 0 aliphatic rings. The molecule has 5 heteroatoms. The third-order valence-corrected chi connectivity index (χ3v) is 3.35. The molecule has 0 bridgehead atoms. The zero-order valence-corrected chi connectivity index (χ0v) is 14.3. The summed E-state index contributed by atoms with van der Waals surface area (Å²) in [7, 11) is 1.59. The Bertz CT molecular complexity index is 751. The number of hydrogen-bond acceptors (Lipinski definition) is 4. The van der Waals surface area contributed by atoms with Crippen molar-refractivity contribution < 1.29 is 19.1 Å². The molecular formula is C20H21NO4. The summed E-state index contributed by atoms with van der Waals surface area (Å²) in [6, 6.07) is 14.0. The zero-order chi connectivity index (χ0) is 18.1. The van der Waals surface area contributed by atoms with E-state index in [0.29, 0.717) is 17.9 Å². The van der Waals surface area contributed by atoms with Gasteiger partial charge in [-0.2, -0.15) is 0 Å². The fourth-order valence-electron chi connectivity index (χ4n) is 2.07. The van der Waals surface area contributed by atoms with Crippen LogP contribution in [0.4, 0.5) is 5.69 Å². The summed E-state index contributed by atoms with van der Waals surface area (Å²) < 4.78 is 10.2. The quantitative estimate of drug-likeness (QED) is 0.613. The number of nitrogens with one attached hydrogen (secondary N) is 1. The third-order valence-electron chi connectivity index (χ3n) is 3.35. The molecule has 2 aromatic carbocycles. The minimum Gasteiger partial charge on any atom is -0.497 e. The normalized spacial score (nSPS) is 10.5. The first-order valence-electron chi connectivity index (χ1n) is 8.02. The second-order valence-corrected chi connectivity index (χ2v) is 5.31. The van der Waals surface area contributed by atoms with Crippen molar-refractivity contribution in [2.24, 2.45) is 0 Å². The lowest BCUT2D eigenvalue weighted by atomic mass is 10.2. The lowest BCUT2D eigenvalue weighted by molar-refractivity contribution is -0.111. The lowest BCUT2D eigenvalue weighted by Gasteiger charge is -2.05. The maximum absolute atomic E-state index is 12.0. The molecule has 0 atom stereocenters. The summed E-state index contributed by atoms with van der Waals surface area (Å²) in [4.78, 5) is 23.7. The molecule has 5 nitrogen and oxygen atoms in total. The van der Waals surface area contributed by atoms with Crippen LogP contribution in [-0.4, -0.2) is 25.6 Å². The van der Waals surface area contributed by atoms with Gasteiger partial charge in [-0.15, -0.1) is 0 Å². The Balaban J connectivity index is 1.93. The molecule has 130 valence electrons. The van der Waals surface area contributed by atoms with Crippen molar-refractivity contribution in [3.63, 3.8) is 0 Å². The van der Waals surface area contributed by atoms with Gasteiger partial charge in [-0.25, -0.2) is 4.79 Å². The van der Waals surface area contributed by atoms with Crippen LogP contribution in [0.15, 0.2) is 54.6 Å². The lowest BCUT2D eigenvalue weighted by Crippen LogP contribution is -2.09. The number of anilines is 1. The standard InChI is InChI=1S/C20H21NO4/c1-3-13-25-20(23)16-8-10-17(11-9-16)21-19(22)12-7-15-5-4-6-18(14-15)24-2/h4-12,14H,3,13H2,1-2H3,(H,21,22)/b12-7+. The van der Waals surface area contributed by atoms with E-state index in [9.17, 15) is 9.59 Å². The van der Waals surface area contributed by atoms with Gasteiger partial charge in [0.2, 0.25) is 5.91 Å². The second-order valence-electron chi connectivity index (χ2n) is 5.31. The predicted octanol–water partition coefficient (Wildman–Crippen LogP) is 3.91. The minimum atomic E-state index is -0.363. The average molecular weight is 339 g/mol. The molecule has 0 heterocycles. The van der Waals surface area contributed by atoms with E-state index in [2.05, 4.69) is 5.32 Å². The van der Waals surface area contributed by atoms with Crippen LogP contribution >= 0.6 is 0 Å². The number of esters is 1. The molecule has 0 radical (unpaired) electrons. The number of rotatable bonds is 7. The number of ether oxygens (including phenoxy) is 2. The predicted molar refractivity (Wildman–Crippen MR) is 97.7 cm³/mol. The molecule has 25 heavy (non-hydrogen) atoms. The Kier molecular flexibility index (Phi) is 6.77. The number of methoxy groups -OCH3 is 1. The van der Waals surface area contributed by atoms with Crippen LogP contribution in [0.2, 0.25) is 0 Å². The van der Waals surface area contributed by atoms with E-state index < -0.39 is 0 Å². The second kappa shape index (κ2) is 9.27. The molecule has 0 aliphatic carbocycles. The van der Waals surface area contributed by atoms with Crippen LogP contribution in [0.5, 0.6) is 5.75 Å². The number of carbonyl (C=O) groups is 2. The molecule has 0 fully saturated rings. The van der Waals surface area contributed by atoms with Gasteiger partial charge in [0.25, 0.3) is 0 Å². The number of carbonyl (C=O) groups excluding carboxylic acids is 2.